The number of alkyl halides is 3. The van der Waals surface area contributed by atoms with Crippen molar-refractivity contribution in [1.29, 1.82) is 0 Å². The third kappa shape index (κ3) is 4.46. The van der Waals surface area contributed by atoms with Gasteiger partial charge in [0.25, 0.3) is 5.91 Å². The fraction of sp³-hybridized carbons (Fsp3) is 0.321. The van der Waals surface area contributed by atoms with E-state index < -0.39 is 29.3 Å². The number of rotatable bonds is 4. The molecule has 1 fully saturated rings. The fourth-order valence-corrected chi connectivity index (χ4v) is 5.62. The number of hydrogen-bond acceptors (Lipinski definition) is 3. The van der Waals surface area contributed by atoms with Gasteiger partial charge in [-0.1, -0.05) is 60.7 Å². The molecule has 182 valence electrons. The van der Waals surface area contributed by atoms with Crippen molar-refractivity contribution in [2.45, 2.75) is 43.1 Å². The SMILES string of the molecule is O=C(N[C@H]1c2ccccc2C2(CCN(Cc3cccc(C(F)(F)F)c3)CC2)[C@@H]1O)c1ccccc1. The average Bonchev–Trinajstić information content (AvgIpc) is 3.08. The Morgan fingerprint density at radius 3 is 2.37 bits per heavy atom. The van der Waals surface area contributed by atoms with Crippen LogP contribution in [-0.4, -0.2) is 35.1 Å². The molecule has 2 aliphatic rings. The zero-order valence-electron chi connectivity index (χ0n) is 19.1. The van der Waals surface area contributed by atoms with Gasteiger partial charge in [0, 0.05) is 17.5 Å². The van der Waals surface area contributed by atoms with Crippen molar-refractivity contribution in [2.75, 3.05) is 13.1 Å². The monoisotopic (exact) mass is 480 g/mol. The molecule has 0 unspecified atom stereocenters. The van der Waals surface area contributed by atoms with Crippen molar-refractivity contribution < 1.29 is 23.1 Å². The standard InChI is InChI=1S/C28H27F3N2O2/c29-28(30,31)21-10-6-7-19(17-21)18-33-15-13-27(14-16-33)23-12-5-4-11-22(23)24(25(27)34)32-26(35)20-8-2-1-3-9-20/h1-12,17,24-25,34H,13-16,18H2,(H,32,35)/t24-,25+/m0/s1. The van der Waals surface area contributed by atoms with Gasteiger partial charge in [-0.15, -0.1) is 0 Å². The first-order chi connectivity index (χ1) is 16.8. The number of aliphatic hydroxyl groups excluding tert-OH is 1. The quantitative estimate of drug-likeness (QED) is 0.547. The van der Waals surface area contributed by atoms with Crippen LogP contribution in [0.5, 0.6) is 0 Å². The maximum Gasteiger partial charge on any atom is 0.416 e. The van der Waals surface area contributed by atoms with Crippen molar-refractivity contribution in [3.63, 3.8) is 0 Å². The first-order valence-electron chi connectivity index (χ1n) is 11.8. The Labute approximate surface area is 202 Å². The Hall–Kier alpha value is -3.16. The molecule has 4 nitrogen and oxygen atoms in total. The van der Waals surface area contributed by atoms with Gasteiger partial charge < -0.3 is 10.4 Å². The summed E-state index contributed by atoms with van der Waals surface area (Å²) in [7, 11) is 0. The van der Waals surface area contributed by atoms with Crippen LogP contribution < -0.4 is 5.32 Å². The third-order valence-electron chi connectivity index (χ3n) is 7.45. The molecular weight excluding hydrogens is 453 g/mol. The lowest BCUT2D eigenvalue weighted by molar-refractivity contribution is -0.137. The number of amides is 1. The molecule has 0 radical (unpaired) electrons. The molecule has 2 N–H and O–H groups in total. The first kappa shape index (κ1) is 23.6. The van der Waals surface area contributed by atoms with Crippen LogP contribution in [0, 0.1) is 0 Å². The second-order valence-corrected chi connectivity index (χ2v) is 9.48. The average molecular weight is 481 g/mol. The number of halogens is 3. The lowest BCUT2D eigenvalue weighted by atomic mass is 9.72. The van der Waals surface area contributed by atoms with Crippen molar-refractivity contribution in [2.24, 2.45) is 0 Å². The van der Waals surface area contributed by atoms with Gasteiger partial charge >= 0.3 is 6.18 Å². The summed E-state index contributed by atoms with van der Waals surface area (Å²) in [5.74, 6) is -0.233. The summed E-state index contributed by atoms with van der Waals surface area (Å²) in [6.45, 7) is 1.70. The smallest absolute Gasteiger partial charge is 0.390 e. The van der Waals surface area contributed by atoms with Crippen molar-refractivity contribution in [3.8, 4) is 0 Å². The Bertz CT molecular complexity index is 1200. The number of carbonyl (C=O) groups is 1. The summed E-state index contributed by atoms with van der Waals surface area (Å²) in [5.41, 5.74) is 1.99. The number of nitrogens with zero attached hydrogens (tertiary/aromatic N) is 1. The lowest BCUT2D eigenvalue weighted by Gasteiger charge is -2.43. The van der Waals surface area contributed by atoms with Gasteiger partial charge in [0.15, 0.2) is 0 Å². The molecule has 35 heavy (non-hydrogen) atoms. The van der Waals surface area contributed by atoms with E-state index in [4.69, 9.17) is 0 Å². The van der Waals surface area contributed by atoms with Gasteiger partial charge in [-0.05, 0) is 60.8 Å². The number of fused-ring (bicyclic) bond motifs is 2. The summed E-state index contributed by atoms with van der Waals surface area (Å²) in [4.78, 5) is 15.0. The minimum absolute atomic E-state index is 0.233. The molecule has 0 saturated carbocycles. The molecule has 2 atom stereocenters. The molecule has 1 amide bonds. The highest BCUT2D eigenvalue weighted by molar-refractivity contribution is 5.94. The van der Waals surface area contributed by atoms with Crippen LogP contribution in [0.2, 0.25) is 0 Å². The zero-order chi connectivity index (χ0) is 24.6. The fourth-order valence-electron chi connectivity index (χ4n) is 5.62. The van der Waals surface area contributed by atoms with E-state index in [0.717, 1.165) is 17.2 Å². The van der Waals surface area contributed by atoms with Crippen molar-refractivity contribution in [3.05, 3.63) is 107 Å². The van der Waals surface area contributed by atoms with Crippen LogP contribution in [-0.2, 0) is 18.1 Å². The van der Waals surface area contributed by atoms with Gasteiger partial charge in [-0.25, -0.2) is 0 Å². The van der Waals surface area contributed by atoms with Crippen LogP contribution in [0.4, 0.5) is 13.2 Å². The van der Waals surface area contributed by atoms with Crippen molar-refractivity contribution in [1.82, 2.24) is 10.2 Å². The van der Waals surface area contributed by atoms with Crippen LogP contribution >= 0.6 is 0 Å². The summed E-state index contributed by atoms with van der Waals surface area (Å²) in [6, 6.07) is 21.7. The van der Waals surface area contributed by atoms with E-state index in [-0.39, 0.29) is 5.91 Å². The molecule has 1 spiro atoms. The molecule has 0 bridgehead atoms. The summed E-state index contributed by atoms with van der Waals surface area (Å²) >= 11 is 0. The Balaban J connectivity index is 1.33. The number of likely N-dealkylation sites (tertiary alicyclic amines) is 1. The molecule has 1 aliphatic carbocycles. The van der Waals surface area contributed by atoms with Gasteiger partial charge in [-0.2, -0.15) is 13.2 Å². The zero-order valence-corrected chi connectivity index (χ0v) is 19.1. The normalized spacial score (nSPS) is 21.6. The van der Waals surface area contributed by atoms with E-state index in [1.807, 2.05) is 30.3 Å². The maximum absolute atomic E-state index is 13.1. The predicted molar refractivity (Wildman–Crippen MR) is 127 cm³/mol. The molecule has 1 aliphatic heterocycles. The van der Waals surface area contributed by atoms with Gasteiger partial charge in [0.05, 0.1) is 17.7 Å². The largest absolute Gasteiger partial charge is 0.416 e. The van der Waals surface area contributed by atoms with Gasteiger partial charge in [0.2, 0.25) is 0 Å². The number of nitrogens with one attached hydrogen (secondary N) is 1. The summed E-state index contributed by atoms with van der Waals surface area (Å²) < 4.78 is 39.3. The molecule has 0 aromatic heterocycles. The second kappa shape index (κ2) is 9.13. The van der Waals surface area contributed by atoms with E-state index in [1.54, 1.807) is 30.3 Å². The minimum Gasteiger partial charge on any atom is -0.390 e. The summed E-state index contributed by atoms with van der Waals surface area (Å²) in [5, 5.41) is 14.6. The highest BCUT2D eigenvalue weighted by Gasteiger charge is 2.52. The van der Waals surface area contributed by atoms with Crippen LogP contribution in [0.3, 0.4) is 0 Å². The molecular formula is C28H27F3N2O2. The number of carbonyl (C=O) groups excluding carboxylic acids is 1. The van der Waals surface area contributed by atoms with E-state index in [9.17, 15) is 23.1 Å². The number of aliphatic hydroxyl groups is 1. The highest BCUT2D eigenvalue weighted by Crippen LogP contribution is 2.51. The van der Waals surface area contributed by atoms with E-state index in [2.05, 4.69) is 10.2 Å². The molecule has 1 saturated heterocycles. The van der Waals surface area contributed by atoms with E-state index >= 15 is 0 Å². The lowest BCUT2D eigenvalue weighted by Crippen LogP contribution is -2.49. The van der Waals surface area contributed by atoms with Crippen LogP contribution in [0.1, 0.15) is 51.5 Å². The second-order valence-electron chi connectivity index (χ2n) is 9.48. The Morgan fingerprint density at radius 1 is 0.971 bits per heavy atom. The van der Waals surface area contributed by atoms with Crippen molar-refractivity contribution >= 4 is 5.91 Å². The molecule has 7 heteroatoms. The maximum atomic E-state index is 13.1. The third-order valence-corrected chi connectivity index (χ3v) is 7.45. The van der Waals surface area contributed by atoms with E-state index in [1.165, 1.54) is 12.1 Å². The van der Waals surface area contributed by atoms with Gasteiger partial charge in [0.1, 0.15) is 0 Å². The minimum atomic E-state index is -4.36. The molecule has 1 heterocycles. The number of piperidine rings is 1. The van der Waals surface area contributed by atoms with Gasteiger partial charge in [-0.3, -0.25) is 9.69 Å². The topological polar surface area (TPSA) is 52.6 Å². The number of benzene rings is 3. The molecule has 3 aromatic rings. The van der Waals surface area contributed by atoms with Crippen LogP contribution in [0.15, 0.2) is 78.9 Å². The Kier molecular flexibility index (Phi) is 6.15. The molecule has 5 rings (SSSR count). The highest BCUT2D eigenvalue weighted by atomic mass is 19.4. The summed E-state index contributed by atoms with van der Waals surface area (Å²) in [6.07, 6.45) is -3.84. The predicted octanol–water partition coefficient (Wildman–Crippen LogP) is 5.08. The number of hydrogen-bond donors (Lipinski definition) is 2. The first-order valence-corrected chi connectivity index (χ1v) is 11.8. The van der Waals surface area contributed by atoms with Crippen LogP contribution in [0.25, 0.3) is 0 Å². The van der Waals surface area contributed by atoms with E-state index in [0.29, 0.717) is 43.6 Å². The Morgan fingerprint density at radius 2 is 1.66 bits per heavy atom. The molecule has 3 aromatic carbocycles.